The van der Waals surface area contributed by atoms with E-state index in [4.69, 9.17) is 20.8 Å². The van der Waals surface area contributed by atoms with Gasteiger partial charge in [-0.3, -0.25) is 4.79 Å². The van der Waals surface area contributed by atoms with Gasteiger partial charge in [-0.2, -0.15) is 0 Å². The highest BCUT2D eigenvalue weighted by Crippen LogP contribution is 2.22. The van der Waals surface area contributed by atoms with Crippen LogP contribution in [0.1, 0.15) is 36.8 Å². The van der Waals surface area contributed by atoms with Crippen LogP contribution in [-0.4, -0.2) is 21.9 Å². The molecular weight excluding hydrogens is 410 g/mol. The quantitative estimate of drug-likeness (QED) is 0.477. The molecule has 8 heteroatoms. The summed E-state index contributed by atoms with van der Waals surface area (Å²) in [6.45, 7) is 6.36. The van der Waals surface area contributed by atoms with Crippen molar-refractivity contribution >= 4 is 35.0 Å². The first kappa shape index (κ1) is 21.2. The van der Waals surface area contributed by atoms with Crippen LogP contribution in [0.15, 0.2) is 52.1 Å². The van der Waals surface area contributed by atoms with E-state index >= 15 is 0 Å². The number of aryl methyl sites for hydroxylation is 1. The van der Waals surface area contributed by atoms with Gasteiger partial charge in [0, 0.05) is 10.7 Å². The second-order valence-electron chi connectivity index (χ2n) is 6.77. The van der Waals surface area contributed by atoms with Gasteiger partial charge in [-0.05, 0) is 48.2 Å². The minimum Gasteiger partial charge on any atom is -0.484 e. The molecule has 152 valence electrons. The Balaban J connectivity index is 1.46. The lowest BCUT2D eigenvalue weighted by atomic mass is 10.0. The average Bonchev–Trinajstić information content (AvgIpc) is 3.16. The van der Waals surface area contributed by atoms with Crippen LogP contribution in [0, 0.1) is 6.92 Å². The van der Waals surface area contributed by atoms with E-state index in [1.54, 1.807) is 12.1 Å². The van der Waals surface area contributed by atoms with Crippen molar-refractivity contribution in [3.05, 3.63) is 64.5 Å². The smallest absolute Gasteiger partial charge is 0.277 e. The van der Waals surface area contributed by atoms with E-state index in [0.29, 0.717) is 27.7 Å². The number of anilines is 1. The Labute approximate surface area is 179 Å². The van der Waals surface area contributed by atoms with Gasteiger partial charge in [0.25, 0.3) is 11.1 Å². The summed E-state index contributed by atoms with van der Waals surface area (Å²) in [5, 5.41) is 11.6. The summed E-state index contributed by atoms with van der Waals surface area (Å²) in [4.78, 5) is 12.1. The van der Waals surface area contributed by atoms with E-state index in [-0.39, 0.29) is 18.3 Å². The fraction of sp³-hybridized carbons (Fsp3) is 0.286. The Hall–Kier alpha value is -2.51. The number of carbonyl (C=O) groups excluding carboxylic acids is 1. The van der Waals surface area contributed by atoms with Crippen molar-refractivity contribution in [2.45, 2.75) is 38.5 Å². The van der Waals surface area contributed by atoms with Gasteiger partial charge in [0.05, 0.1) is 5.75 Å². The third-order valence-corrected chi connectivity index (χ3v) is 5.37. The first-order valence-electron chi connectivity index (χ1n) is 9.14. The van der Waals surface area contributed by atoms with Crippen molar-refractivity contribution in [2.24, 2.45) is 0 Å². The maximum atomic E-state index is 12.1. The molecule has 1 aromatic heterocycles. The Bertz CT molecular complexity index is 974. The molecule has 0 saturated heterocycles. The summed E-state index contributed by atoms with van der Waals surface area (Å²) >= 11 is 7.23. The van der Waals surface area contributed by atoms with Crippen LogP contribution < -0.4 is 10.1 Å². The van der Waals surface area contributed by atoms with E-state index in [1.165, 1.54) is 5.56 Å². The summed E-state index contributed by atoms with van der Waals surface area (Å²) in [5.41, 5.74) is 2.85. The highest BCUT2D eigenvalue weighted by atomic mass is 35.5. The molecule has 2 aromatic carbocycles. The summed E-state index contributed by atoms with van der Waals surface area (Å²) in [6.07, 6.45) is 0. The fourth-order valence-electron chi connectivity index (χ4n) is 2.44. The lowest BCUT2D eigenvalue weighted by molar-refractivity contribution is -0.113. The van der Waals surface area contributed by atoms with Crippen LogP contribution in [0.2, 0.25) is 5.02 Å². The number of amides is 1. The number of carbonyl (C=O) groups is 1. The molecule has 0 bridgehead atoms. The third kappa shape index (κ3) is 6.24. The zero-order chi connectivity index (χ0) is 20.8. The number of thioether (sulfide) groups is 1. The molecule has 0 atom stereocenters. The number of rotatable bonds is 8. The molecule has 0 aliphatic carbocycles. The van der Waals surface area contributed by atoms with Crippen LogP contribution in [0.5, 0.6) is 5.75 Å². The number of hydrogen-bond donors (Lipinski definition) is 1. The van der Waals surface area contributed by atoms with E-state index in [1.807, 2.05) is 37.3 Å². The Kier molecular flexibility index (Phi) is 7.17. The van der Waals surface area contributed by atoms with Gasteiger partial charge in [0.1, 0.15) is 5.75 Å². The van der Waals surface area contributed by atoms with Gasteiger partial charge in [0.2, 0.25) is 5.91 Å². The summed E-state index contributed by atoms with van der Waals surface area (Å²) < 4.78 is 11.2. The molecule has 3 aromatic rings. The van der Waals surface area contributed by atoms with Gasteiger partial charge in [-0.25, -0.2) is 0 Å². The zero-order valence-electron chi connectivity index (χ0n) is 16.4. The monoisotopic (exact) mass is 431 g/mol. The fourth-order valence-corrected chi connectivity index (χ4v) is 3.20. The molecule has 0 radical (unpaired) electrons. The molecule has 0 unspecified atom stereocenters. The highest BCUT2D eigenvalue weighted by molar-refractivity contribution is 7.99. The van der Waals surface area contributed by atoms with E-state index in [2.05, 4.69) is 29.4 Å². The van der Waals surface area contributed by atoms with E-state index in [0.717, 1.165) is 23.1 Å². The first-order valence-corrected chi connectivity index (χ1v) is 10.5. The number of hydrogen-bond acceptors (Lipinski definition) is 6. The average molecular weight is 432 g/mol. The van der Waals surface area contributed by atoms with Gasteiger partial charge < -0.3 is 14.5 Å². The first-order chi connectivity index (χ1) is 13.9. The van der Waals surface area contributed by atoms with E-state index in [9.17, 15) is 4.79 Å². The Morgan fingerprint density at radius 3 is 2.66 bits per heavy atom. The third-order valence-electron chi connectivity index (χ3n) is 4.14. The highest BCUT2D eigenvalue weighted by Gasteiger charge is 2.11. The number of nitrogens with zero attached hydrogens (tertiary/aromatic N) is 2. The topological polar surface area (TPSA) is 77.2 Å². The van der Waals surface area contributed by atoms with Crippen LogP contribution in [0.3, 0.4) is 0 Å². The van der Waals surface area contributed by atoms with Gasteiger partial charge in [0.15, 0.2) is 6.61 Å². The van der Waals surface area contributed by atoms with Gasteiger partial charge in [-0.1, -0.05) is 55.4 Å². The minimum atomic E-state index is -0.184. The van der Waals surface area contributed by atoms with Crippen LogP contribution in [-0.2, 0) is 11.4 Å². The van der Waals surface area contributed by atoms with Crippen molar-refractivity contribution in [3.63, 3.8) is 0 Å². The largest absolute Gasteiger partial charge is 0.484 e. The maximum absolute atomic E-state index is 12.1. The molecule has 0 saturated carbocycles. The number of nitrogens with one attached hydrogen (secondary N) is 1. The molecule has 1 heterocycles. The van der Waals surface area contributed by atoms with Crippen LogP contribution >= 0.6 is 23.4 Å². The van der Waals surface area contributed by atoms with Crippen molar-refractivity contribution in [2.75, 3.05) is 11.1 Å². The standard InChI is InChI=1S/C21H22ClN3O3S/c1-13(2)15-5-8-17(9-6-15)27-11-20-24-25-21(28-20)29-12-19(26)23-16-7-4-14(3)18(22)10-16/h4-10,13H,11-12H2,1-3H3,(H,23,26). The molecule has 0 spiro atoms. The normalized spacial score (nSPS) is 10.9. The molecule has 1 N–H and O–H groups in total. The lowest BCUT2D eigenvalue weighted by Crippen LogP contribution is -2.14. The van der Waals surface area contributed by atoms with Crippen molar-refractivity contribution in [1.82, 2.24) is 10.2 Å². The van der Waals surface area contributed by atoms with E-state index < -0.39 is 0 Å². The zero-order valence-corrected chi connectivity index (χ0v) is 18.0. The lowest BCUT2D eigenvalue weighted by Gasteiger charge is -2.07. The molecule has 3 rings (SSSR count). The summed E-state index contributed by atoms with van der Waals surface area (Å²) in [6, 6.07) is 13.3. The van der Waals surface area contributed by atoms with Gasteiger partial charge >= 0.3 is 0 Å². The second kappa shape index (κ2) is 9.80. The Morgan fingerprint density at radius 2 is 1.97 bits per heavy atom. The predicted molar refractivity (Wildman–Crippen MR) is 115 cm³/mol. The number of aromatic nitrogens is 2. The predicted octanol–water partition coefficient (Wildman–Crippen LogP) is 5.46. The maximum Gasteiger partial charge on any atom is 0.277 e. The molecule has 0 fully saturated rings. The molecule has 29 heavy (non-hydrogen) atoms. The summed E-state index contributed by atoms with van der Waals surface area (Å²) in [5.74, 6) is 1.52. The van der Waals surface area contributed by atoms with Crippen LogP contribution in [0.25, 0.3) is 0 Å². The minimum absolute atomic E-state index is 0.144. The molecular formula is C21H22ClN3O3S. The van der Waals surface area contributed by atoms with Crippen LogP contribution in [0.4, 0.5) is 5.69 Å². The Morgan fingerprint density at radius 1 is 1.21 bits per heavy atom. The molecule has 0 aliphatic rings. The number of ether oxygens (including phenoxy) is 1. The number of benzene rings is 2. The second-order valence-corrected chi connectivity index (χ2v) is 8.11. The van der Waals surface area contributed by atoms with Crippen molar-refractivity contribution in [1.29, 1.82) is 0 Å². The van der Waals surface area contributed by atoms with Gasteiger partial charge in [-0.15, -0.1) is 10.2 Å². The molecule has 0 aliphatic heterocycles. The number of halogens is 1. The SMILES string of the molecule is Cc1ccc(NC(=O)CSc2nnc(COc3ccc(C(C)C)cc3)o2)cc1Cl. The van der Waals surface area contributed by atoms with Crippen molar-refractivity contribution in [3.8, 4) is 5.75 Å². The summed E-state index contributed by atoms with van der Waals surface area (Å²) in [7, 11) is 0. The molecule has 6 nitrogen and oxygen atoms in total. The molecule has 1 amide bonds. The van der Waals surface area contributed by atoms with Crippen molar-refractivity contribution < 1.29 is 13.9 Å².